The lowest BCUT2D eigenvalue weighted by Gasteiger charge is -2.30. The zero-order valence-corrected chi connectivity index (χ0v) is 21.1. The number of aromatic amines is 1. The smallest absolute Gasteiger partial charge is 0.327 e. The maximum Gasteiger partial charge on any atom is 0.327 e. The van der Waals surface area contributed by atoms with Crippen molar-refractivity contribution in [3.8, 4) is 0 Å². The molecule has 10 heteroatoms. The first-order valence-corrected chi connectivity index (χ1v) is 12.1. The maximum atomic E-state index is 13.1. The minimum Gasteiger partial charge on any atom is -0.465 e. The van der Waals surface area contributed by atoms with Crippen LogP contribution in [-0.2, 0) is 29.2 Å². The van der Waals surface area contributed by atoms with Crippen molar-refractivity contribution in [2.75, 3.05) is 6.61 Å². The highest BCUT2D eigenvalue weighted by Gasteiger charge is 2.27. The largest absolute Gasteiger partial charge is 0.465 e. The number of ether oxygens (including phenoxy) is 1. The van der Waals surface area contributed by atoms with E-state index in [0.29, 0.717) is 30.9 Å². The summed E-state index contributed by atoms with van der Waals surface area (Å²) >= 11 is 0. The molecule has 4 aromatic rings. The van der Waals surface area contributed by atoms with Crippen LogP contribution in [0.1, 0.15) is 54.4 Å². The predicted octanol–water partition coefficient (Wildman–Crippen LogP) is 3.24. The van der Waals surface area contributed by atoms with E-state index in [9.17, 15) is 9.59 Å². The molecular weight excluding hydrogens is 458 g/mol. The van der Waals surface area contributed by atoms with Gasteiger partial charge in [-0.2, -0.15) is 0 Å². The molecule has 0 aliphatic carbocycles. The van der Waals surface area contributed by atoms with Crippen molar-refractivity contribution in [3.05, 3.63) is 81.2 Å². The Morgan fingerprint density at radius 2 is 2.03 bits per heavy atom. The highest BCUT2D eigenvalue weighted by Crippen LogP contribution is 2.27. The van der Waals surface area contributed by atoms with Gasteiger partial charge >= 0.3 is 5.97 Å². The molecule has 1 aromatic carbocycles. The van der Waals surface area contributed by atoms with Crippen LogP contribution in [0, 0.1) is 13.8 Å². The summed E-state index contributed by atoms with van der Waals surface area (Å²) in [6.45, 7) is 8.92. The third-order valence-corrected chi connectivity index (χ3v) is 6.14. The zero-order chi connectivity index (χ0) is 25.7. The van der Waals surface area contributed by atoms with Crippen LogP contribution in [0.2, 0.25) is 0 Å². The molecule has 0 spiro atoms. The number of benzene rings is 1. The summed E-state index contributed by atoms with van der Waals surface area (Å²) in [5.74, 6) is 0.134. The Labute approximate surface area is 209 Å². The van der Waals surface area contributed by atoms with Gasteiger partial charge < -0.3 is 9.72 Å². The van der Waals surface area contributed by atoms with Gasteiger partial charge in [-0.05, 0) is 72.5 Å². The van der Waals surface area contributed by atoms with Crippen LogP contribution in [-0.4, -0.2) is 47.7 Å². The number of nitrogens with zero attached hydrogens (tertiary/aromatic N) is 6. The quantitative estimate of drug-likeness (QED) is 0.337. The Hall–Kier alpha value is -3.92. The molecule has 0 aliphatic heterocycles. The van der Waals surface area contributed by atoms with Crippen molar-refractivity contribution in [1.82, 2.24) is 35.1 Å². The second-order valence-electron chi connectivity index (χ2n) is 8.86. The summed E-state index contributed by atoms with van der Waals surface area (Å²) in [6.07, 6.45) is 4.19. The number of esters is 1. The van der Waals surface area contributed by atoms with Crippen molar-refractivity contribution in [1.29, 1.82) is 0 Å². The Balaban J connectivity index is 1.73. The zero-order valence-electron chi connectivity index (χ0n) is 21.1. The molecule has 0 aliphatic rings. The lowest BCUT2D eigenvalue weighted by atomic mass is 10.0. The number of fused-ring (bicyclic) bond motifs is 1. The monoisotopic (exact) mass is 489 g/mol. The molecule has 1 atom stereocenters. The van der Waals surface area contributed by atoms with Gasteiger partial charge in [0.05, 0.1) is 12.6 Å². The van der Waals surface area contributed by atoms with E-state index in [4.69, 9.17) is 4.74 Å². The SMILES string of the molecule is CCOC(=O)Cn1nnnc1C(CC)N(Cc1cccnc1)Cc1cc2c(C)cc(C)cc2[nH]c1=O. The standard InChI is InChI=1S/C26H31N7O3/c1-5-23(25-29-30-31-33(25)16-24(34)36-6-2)32(14-19-8-7-9-27-13-19)15-20-12-21-18(4)10-17(3)11-22(21)28-26(20)35/h7-13,23H,5-6,14-16H2,1-4H3,(H,28,35). The van der Waals surface area contributed by atoms with Gasteiger partial charge in [0.2, 0.25) is 0 Å². The van der Waals surface area contributed by atoms with Crippen LogP contribution in [0.4, 0.5) is 0 Å². The van der Waals surface area contributed by atoms with E-state index in [1.165, 1.54) is 4.68 Å². The summed E-state index contributed by atoms with van der Waals surface area (Å²) in [5, 5.41) is 13.1. The fourth-order valence-corrected chi connectivity index (χ4v) is 4.55. The summed E-state index contributed by atoms with van der Waals surface area (Å²) in [6, 6.07) is 9.67. The van der Waals surface area contributed by atoms with E-state index in [1.54, 1.807) is 19.3 Å². The van der Waals surface area contributed by atoms with Crippen LogP contribution in [0.25, 0.3) is 10.9 Å². The van der Waals surface area contributed by atoms with Crippen molar-refractivity contribution in [2.24, 2.45) is 0 Å². The van der Waals surface area contributed by atoms with Gasteiger partial charge in [0.1, 0.15) is 6.54 Å². The summed E-state index contributed by atoms with van der Waals surface area (Å²) in [4.78, 5) is 34.7. The van der Waals surface area contributed by atoms with Gasteiger partial charge in [0.15, 0.2) is 5.82 Å². The fourth-order valence-electron chi connectivity index (χ4n) is 4.55. The van der Waals surface area contributed by atoms with Gasteiger partial charge in [-0.15, -0.1) is 5.10 Å². The first-order chi connectivity index (χ1) is 17.4. The lowest BCUT2D eigenvalue weighted by Crippen LogP contribution is -2.33. The summed E-state index contributed by atoms with van der Waals surface area (Å²) in [5.41, 5.74) is 4.52. The molecule has 0 saturated heterocycles. The number of aromatic nitrogens is 6. The van der Waals surface area contributed by atoms with Gasteiger partial charge in [-0.25, -0.2) is 4.68 Å². The topological polar surface area (TPSA) is 119 Å². The second kappa shape index (κ2) is 11.2. The molecule has 1 unspecified atom stereocenters. The number of aryl methyl sites for hydroxylation is 2. The molecule has 0 saturated carbocycles. The molecule has 1 N–H and O–H groups in total. The Morgan fingerprint density at radius 3 is 2.75 bits per heavy atom. The molecule has 0 radical (unpaired) electrons. The van der Waals surface area contributed by atoms with Gasteiger partial charge in [0.25, 0.3) is 5.56 Å². The van der Waals surface area contributed by atoms with E-state index in [2.05, 4.69) is 36.5 Å². The average molecular weight is 490 g/mol. The molecule has 3 heterocycles. The van der Waals surface area contributed by atoms with Crippen molar-refractivity contribution >= 4 is 16.9 Å². The third kappa shape index (κ3) is 5.65. The van der Waals surface area contributed by atoms with E-state index in [0.717, 1.165) is 27.6 Å². The predicted molar refractivity (Wildman–Crippen MR) is 135 cm³/mol. The van der Waals surface area contributed by atoms with E-state index in [1.807, 2.05) is 45.0 Å². The van der Waals surface area contributed by atoms with Crippen LogP contribution >= 0.6 is 0 Å². The van der Waals surface area contributed by atoms with Crippen molar-refractivity contribution < 1.29 is 9.53 Å². The van der Waals surface area contributed by atoms with Crippen LogP contribution in [0.5, 0.6) is 0 Å². The molecular formula is C26H31N7O3. The number of hydrogen-bond acceptors (Lipinski definition) is 8. The normalized spacial score (nSPS) is 12.2. The highest BCUT2D eigenvalue weighted by molar-refractivity contribution is 5.83. The third-order valence-electron chi connectivity index (χ3n) is 6.14. The minimum atomic E-state index is -0.406. The summed E-state index contributed by atoms with van der Waals surface area (Å²) < 4.78 is 6.56. The number of pyridine rings is 2. The Bertz CT molecular complexity index is 1400. The van der Waals surface area contributed by atoms with Gasteiger partial charge in [-0.3, -0.25) is 19.5 Å². The number of carbonyl (C=O) groups excluding carboxylic acids is 1. The van der Waals surface area contributed by atoms with E-state index < -0.39 is 5.97 Å². The molecule has 3 aromatic heterocycles. The fraction of sp³-hybridized carbons (Fsp3) is 0.385. The number of nitrogens with one attached hydrogen (secondary N) is 1. The van der Waals surface area contributed by atoms with E-state index >= 15 is 0 Å². The van der Waals surface area contributed by atoms with Crippen LogP contribution in [0.3, 0.4) is 0 Å². The number of H-pyrrole nitrogens is 1. The second-order valence-corrected chi connectivity index (χ2v) is 8.86. The van der Waals surface area contributed by atoms with Crippen LogP contribution < -0.4 is 5.56 Å². The summed E-state index contributed by atoms with van der Waals surface area (Å²) in [7, 11) is 0. The molecule has 4 rings (SSSR count). The van der Waals surface area contributed by atoms with E-state index in [-0.39, 0.29) is 24.8 Å². The number of rotatable bonds is 10. The van der Waals surface area contributed by atoms with Gasteiger partial charge in [-0.1, -0.05) is 19.1 Å². The molecule has 10 nitrogen and oxygen atoms in total. The number of carbonyl (C=O) groups is 1. The maximum absolute atomic E-state index is 13.1. The van der Waals surface area contributed by atoms with Crippen molar-refractivity contribution in [3.63, 3.8) is 0 Å². The molecule has 0 amide bonds. The first kappa shape index (κ1) is 25.2. The Morgan fingerprint density at radius 1 is 1.19 bits per heavy atom. The average Bonchev–Trinajstić information content (AvgIpc) is 3.28. The Kier molecular flexibility index (Phi) is 7.84. The molecule has 0 fully saturated rings. The molecule has 0 bridgehead atoms. The number of tetrazole rings is 1. The first-order valence-electron chi connectivity index (χ1n) is 12.1. The van der Waals surface area contributed by atoms with Crippen LogP contribution in [0.15, 0.2) is 47.5 Å². The molecule has 188 valence electrons. The van der Waals surface area contributed by atoms with Gasteiger partial charge in [0, 0.05) is 41.9 Å². The highest BCUT2D eigenvalue weighted by atomic mass is 16.5. The lowest BCUT2D eigenvalue weighted by molar-refractivity contribution is -0.144. The minimum absolute atomic E-state index is 0.0808. The molecule has 36 heavy (non-hydrogen) atoms. The number of hydrogen-bond donors (Lipinski definition) is 1. The van der Waals surface area contributed by atoms with Crippen molar-refractivity contribution in [2.45, 2.75) is 59.8 Å².